The Labute approximate surface area is 145 Å². The summed E-state index contributed by atoms with van der Waals surface area (Å²) >= 11 is 11.8. The first-order valence-corrected chi connectivity index (χ1v) is 8.60. The Morgan fingerprint density at radius 1 is 1.13 bits per heavy atom. The van der Waals surface area contributed by atoms with Crippen LogP contribution in [0.5, 0.6) is 0 Å². The molecule has 0 radical (unpaired) electrons. The molecule has 0 aliphatic carbocycles. The first-order chi connectivity index (χ1) is 11.0. The highest BCUT2D eigenvalue weighted by Crippen LogP contribution is 2.26. The largest absolute Gasteiger partial charge is 0.340 e. The molecule has 2 fully saturated rings. The van der Waals surface area contributed by atoms with Crippen LogP contribution in [0.25, 0.3) is 0 Å². The van der Waals surface area contributed by atoms with Gasteiger partial charge in [-0.25, -0.2) is 4.79 Å². The molecule has 1 aromatic rings. The number of likely N-dealkylation sites (tertiary alicyclic amines) is 2. The summed E-state index contributed by atoms with van der Waals surface area (Å²) in [5.74, 6) is 0.253. The second kappa shape index (κ2) is 6.97. The van der Waals surface area contributed by atoms with E-state index in [9.17, 15) is 9.59 Å². The minimum absolute atomic E-state index is 0.144. The third-order valence-corrected chi connectivity index (χ3v) is 5.21. The molecule has 7 heteroatoms. The number of urea groups is 1. The van der Waals surface area contributed by atoms with Crippen LogP contribution < -0.4 is 5.32 Å². The molecule has 124 valence electrons. The fraction of sp³-hybridized carbons (Fsp3) is 0.500. The van der Waals surface area contributed by atoms with Gasteiger partial charge in [-0.3, -0.25) is 4.79 Å². The number of halogens is 2. The topological polar surface area (TPSA) is 52.7 Å². The normalized spacial score (nSPS) is 19.3. The quantitative estimate of drug-likeness (QED) is 0.880. The van der Waals surface area contributed by atoms with E-state index in [1.165, 1.54) is 0 Å². The molecule has 0 saturated carbocycles. The Kier molecular flexibility index (Phi) is 4.97. The van der Waals surface area contributed by atoms with E-state index in [1.807, 2.05) is 4.90 Å². The fourth-order valence-corrected chi connectivity index (χ4v) is 3.51. The lowest BCUT2D eigenvalue weighted by Crippen LogP contribution is -2.48. The molecule has 0 unspecified atom stereocenters. The van der Waals surface area contributed by atoms with Gasteiger partial charge in [0.1, 0.15) is 0 Å². The Bertz CT molecular complexity index is 615. The Balaban J connectivity index is 1.53. The number of anilines is 1. The summed E-state index contributed by atoms with van der Waals surface area (Å²) in [6, 6.07) is 5.15. The van der Waals surface area contributed by atoms with Gasteiger partial charge in [0.25, 0.3) is 0 Å². The Morgan fingerprint density at radius 2 is 1.87 bits per heavy atom. The first-order valence-electron chi connectivity index (χ1n) is 7.85. The molecule has 1 N–H and O–H groups in total. The number of benzene rings is 1. The highest BCUT2D eigenvalue weighted by molar-refractivity contribution is 6.42. The summed E-state index contributed by atoms with van der Waals surface area (Å²) in [6.45, 7) is 2.17. The minimum atomic E-state index is -0.144. The minimum Gasteiger partial charge on any atom is -0.340 e. The zero-order chi connectivity index (χ0) is 16.4. The first kappa shape index (κ1) is 16.4. The molecular weight excluding hydrogens is 337 g/mol. The molecule has 2 aliphatic rings. The fourth-order valence-electron chi connectivity index (χ4n) is 3.21. The molecule has 23 heavy (non-hydrogen) atoms. The standard InChI is InChI=1S/C16H19Cl2N3O2/c17-13-4-3-11(10-14(13)18)19-16(23)20-8-5-12(6-9-20)21-7-1-2-15(21)22/h3-4,10,12H,1-2,5-9H2,(H,19,23). The van der Waals surface area contributed by atoms with E-state index in [0.717, 1.165) is 25.8 Å². The van der Waals surface area contributed by atoms with Crippen LogP contribution in [0.4, 0.5) is 10.5 Å². The van der Waals surface area contributed by atoms with Crippen LogP contribution in [0.1, 0.15) is 25.7 Å². The van der Waals surface area contributed by atoms with Gasteiger partial charge in [-0.2, -0.15) is 0 Å². The second-order valence-electron chi connectivity index (χ2n) is 5.97. The van der Waals surface area contributed by atoms with Crippen LogP contribution in [0.3, 0.4) is 0 Å². The van der Waals surface area contributed by atoms with Crippen molar-refractivity contribution in [1.29, 1.82) is 0 Å². The molecule has 0 aromatic heterocycles. The highest BCUT2D eigenvalue weighted by Gasteiger charge is 2.31. The number of nitrogens with one attached hydrogen (secondary N) is 1. The number of carbonyl (C=O) groups is 2. The molecule has 0 atom stereocenters. The average molecular weight is 356 g/mol. The van der Waals surface area contributed by atoms with Gasteiger partial charge < -0.3 is 15.1 Å². The third kappa shape index (κ3) is 3.72. The molecule has 2 saturated heterocycles. The van der Waals surface area contributed by atoms with Gasteiger partial charge >= 0.3 is 6.03 Å². The molecule has 1 aromatic carbocycles. The predicted molar refractivity (Wildman–Crippen MR) is 91.0 cm³/mol. The summed E-state index contributed by atoms with van der Waals surface area (Å²) < 4.78 is 0. The van der Waals surface area contributed by atoms with Crippen molar-refractivity contribution in [3.63, 3.8) is 0 Å². The van der Waals surface area contributed by atoms with E-state index in [0.29, 0.717) is 35.2 Å². The number of hydrogen-bond donors (Lipinski definition) is 1. The lowest BCUT2D eigenvalue weighted by atomic mass is 10.0. The molecule has 3 amide bonds. The van der Waals surface area contributed by atoms with Crippen molar-refractivity contribution in [1.82, 2.24) is 9.80 Å². The predicted octanol–water partition coefficient (Wildman–Crippen LogP) is 3.61. The number of rotatable bonds is 2. The van der Waals surface area contributed by atoms with E-state index < -0.39 is 0 Å². The number of carbonyl (C=O) groups excluding carboxylic acids is 2. The maximum absolute atomic E-state index is 12.3. The van der Waals surface area contributed by atoms with E-state index in [4.69, 9.17) is 23.2 Å². The van der Waals surface area contributed by atoms with Gasteiger partial charge in [0.2, 0.25) is 5.91 Å². The smallest absolute Gasteiger partial charge is 0.321 e. The molecular formula is C16H19Cl2N3O2. The number of hydrogen-bond acceptors (Lipinski definition) is 2. The molecule has 2 heterocycles. The molecule has 2 aliphatic heterocycles. The molecule has 0 bridgehead atoms. The SMILES string of the molecule is O=C(Nc1ccc(Cl)c(Cl)c1)N1CCC(N2CCCC2=O)CC1. The summed E-state index contributed by atoms with van der Waals surface area (Å²) in [5, 5.41) is 3.71. The van der Waals surface area contributed by atoms with Crippen molar-refractivity contribution >= 4 is 40.8 Å². The third-order valence-electron chi connectivity index (χ3n) is 4.47. The number of nitrogens with zero attached hydrogens (tertiary/aromatic N) is 2. The van der Waals surface area contributed by atoms with Crippen molar-refractivity contribution in [2.24, 2.45) is 0 Å². The lowest BCUT2D eigenvalue weighted by molar-refractivity contribution is -0.130. The van der Waals surface area contributed by atoms with Gasteiger partial charge in [-0.15, -0.1) is 0 Å². The van der Waals surface area contributed by atoms with Crippen molar-refractivity contribution in [2.75, 3.05) is 25.0 Å². The van der Waals surface area contributed by atoms with Gasteiger partial charge in [0, 0.05) is 37.8 Å². The zero-order valence-electron chi connectivity index (χ0n) is 12.7. The zero-order valence-corrected chi connectivity index (χ0v) is 14.2. The Hall–Kier alpha value is -1.46. The van der Waals surface area contributed by atoms with Crippen molar-refractivity contribution < 1.29 is 9.59 Å². The van der Waals surface area contributed by atoms with Crippen LogP contribution >= 0.6 is 23.2 Å². The number of amides is 3. The van der Waals surface area contributed by atoms with Crippen LogP contribution in [-0.4, -0.2) is 47.4 Å². The molecule has 3 rings (SSSR count). The highest BCUT2D eigenvalue weighted by atomic mass is 35.5. The van der Waals surface area contributed by atoms with Crippen molar-refractivity contribution in [3.05, 3.63) is 28.2 Å². The van der Waals surface area contributed by atoms with Gasteiger partial charge in [-0.1, -0.05) is 23.2 Å². The summed E-state index contributed by atoms with van der Waals surface area (Å²) in [5.41, 5.74) is 0.626. The van der Waals surface area contributed by atoms with Crippen LogP contribution in [0.2, 0.25) is 10.0 Å². The van der Waals surface area contributed by atoms with Crippen LogP contribution in [0, 0.1) is 0 Å². The van der Waals surface area contributed by atoms with Crippen molar-refractivity contribution in [2.45, 2.75) is 31.7 Å². The molecule has 5 nitrogen and oxygen atoms in total. The summed E-state index contributed by atoms with van der Waals surface area (Å²) in [7, 11) is 0. The lowest BCUT2D eigenvalue weighted by Gasteiger charge is -2.36. The van der Waals surface area contributed by atoms with E-state index >= 15 is 0 Å². The van der Waals surface area contributed by atoms with E-state index in [1.54, 1.807) is 23.1 Å². The van der Waals surface area contributed by atoms with Gasteiger partial charge in [0.15, 0.2) is 0 Å². The monoisotopic (exact) mass is 355 g/mol. The van der Waals surface area contributed by atoms with Crippen LogP contribution in [0.15, 0.2) is 18.2 Å². The summed E-state index contributed by atoms with van der Waals surface area (Å²) in [4.78, 5) is 27.9. The van der Waals surface area contributed by atoms with Gasteiger partial charge in [-0.05, 0) is 37.5 Å². The molecule has 0 spiro atoms. The van der Waals surface area contributed by atoms with Crippen molar-refractivity contribution in [3.8, 4) is 0 Å². The van der Waals surface area contributed by atoms with Crippen LogP contribution in [-0.2, 0) is 4.79 Å². The second-order valence-corrected chi connectivity index (χ2v) is 6.78. The average Bonchev–Trinajstić information content (AvgIpc) is 2.97. The summed E-state index contributed by atoms with van der Waals surface area (Å²) in [6.07, 6.45) is 3.29. The number of piperidine rings is 1. The maximum Gasteiger partial charge on any atom is 0.321 e. The van der Waals surface area contributed by atoms with Gasteiger partial charge in [0.05, 0.1) is 10.0 Å². The Morgan fingerprint density at radius 3 is 2.48 bits per heavy atom. The van der Waals surface area contributed by atoms with E-state index in [-0.39, 0.29) is 18.0 Å². The maximum atomic E-state index is 12.3. The van der Waals surface area contributed by atoms with E-state index in [2.05, 4.69) is 5.32 Å².